The smallest absolute Gasteiger partial charge is 0.407 e. The SMILES string of the molecule is COCCNC(=O)/C(C#N)=C/c1cc2cc3sc(N(C)CCOC(=O)NCc4ccc(COc5nc(N)nc6nc[nH]c56)cc4)cc3cc2s1. The number of nitrogens with zero attached hydrogens (tertiary/aromatic N) is 5. The van der Waals surface area contributed by atoms with Crippen LogP contribution in [0.1, 0.15) is 16.0 Å². The Labute approximate surface area is 294 Å². The van der Waals surface area contributed by atoms with Gasteiger partial charge in [-0.1, -0.05) is 24.3 Å². The quantitative estimate of drug-likeness (QED) is 0.0677. The van der Waals surface area contributed by atoms with E-state index in [9.17, 15) is 14.9 Å². The first-order valence-electron chi connectivity index (χ1n) is 15.4. The molecule has 0 radical (unpaired) electrons. The maximum absolute atomic E-state index is 12.4. The van der Waals surface area contributed by atoms with Crippen molar-refractivity contribution in [1.82, 2.24) is 30.6 Å². The molecule has 14 nitrogen and oxygen atoms in total. The number of hydrogen-bond donors (Lipinski definition) is 4. The molecule has 2 aromatic carbocycles. The Balaban J connectivity index is 0.958. The molecular formula is C34H33N9O5S2. The van der Waals surface area contributed by atoms with Crippen molar-refractivity contribution < 1.29 is 23.8 Å². The standard InChI is InChI=1S/C34H33N9O5S2/c1-43(28-15-23-14-26-22(13-27(23)50-28)11-25(49-26)12-24(16-35)31(44)37-7-9-46-2)8-10-47-34(45)38-17-20-3-5-21(6-4-20)18-48-32-29-30(40-19-39-29)41-33(36)42-32/h3-6,11-15,19H,7-10,17-18H2,1-2H3,(H,37,44)(H,38,45)(H3,36,39,40,41,42)/b24-12+. The normalized spacial score (nSPS) is 11.5. The Morgan fingerprint density at radius 1 is 1.04 bits per heavy atom. The van der Waals surface area contributed by atoms with Crippen molar-refractivity contribution in [1.29, 1.82) is 5.26 Å². The molecule has 0 atom stereocenters. The van der Waals surface area contributed by atoms with Crippen molar-refractivity contribution >= 4 is 83.0 Å². The fourth-order valence-corrected chi connectivity index (χ4v) is 7.05. The van der Waals surface area contributed by atoms with Gasteiger partial charge < -0.3 is 40.5 Å². The summed E-state index contributed by atoms with van der Waals surface area (Å²) in [4.78, 5) is 42.8. The third-order valence-electron chi connectivity index (χ3n) is 7.55. The minimum atomic E-state index is -0.496. The van der Waals surface area contributed by atoms with E-state index in [0.29, 0.717) is 43.3 Å². The molecule has 0 aliphatic heterocycles. The van der Waals surface area contributed by atoms with Gasteiger partial charge in [0.25, 0.3) is 5.91 Å². The topological polar surface area (TPSA) is 193 Å². The second-order valence-electron chi connectivity index (χ2n) is 11.1. The number of methoxy groups -OCH3 is 1. The predicted octanol–water partition coefficient (Wildman–Crippen LogP) is 4.98. The molecule has 50 heavy (non-hydrogen) atoms. The van der Waals surface area contributed by atoms with E-state index in [-0.39, 0.29) is 24.7 Å². The number of anilines is 2. The van der Waals surface area contributed by atoms with E-state index in [4.69, 9.17) is 19.9 Å². The van der Waals surface area contributed by atoms with Crippen LogP contribution in [0.3, 0.4) is 0 Å². The Morgan fingerprint density at radius 2 is 1.80 bits per heavy atom. The summed E-state index contributed by atoms with van der Waals surface area (Å²) in [5.74, 6) is -0.0102. The van der Waals surface area contributed by atoms with Crippen LogP contribution in [-0.2, 0) is 27.4 Å². The molecule has 256 valence electrons. The van der Waals surface area contributed by atoms with Gasteiger partial charge in [-0.3, -0.25) is 4.79 Å². The van der Waals surface area contributed by atoms with E-state index < -0.39 is 12.0 Å². The molecule has 0 unspecified atom stereocenters. The van der Waals surface area contributed by atoms with Crippen molar-refractivity contribution in [2.45, 2.75) is 13.2 Å². The van der Waals surface area contributed by atoms with E-state index in [0.717, 1.165) is 41.2 Å². The molecule has 6 aromatic rings. The minimum absolute atomic E-state index is 0.0501. The van der Waals surface area contributed by atoms with Gasteiger partial charge in [-0.2, -0.15) is 15.2 Å². The van der Waals surface area contributed by atoms with Crippen molar-refractivity contribution in [2.24, 2.45) is 0 Å². The van der Waals surface area contributed by atoms with Gasteiger partial charge in [0, 0.05) is 41.5 Å². The van der Waals surface area contributed by atoms with Crippen molar-refractivity contribution in [2.75, 3.05) is 51.1 Å². The zero-order chi connectivity index (χ0) is 35.0. The summed E-state index contributed by atoms with van der Waals surface area (Å²) in [5.41, 5.74) is 8.63. The Bertz CT molecular complexity index is 2170. The lowest BCUT2D eigenvalue weighted by Gasteiger charge is -2.16. The number of thiophene rings is 2. The molecule has 0 aliphatic carbocycles. The van der Waals surface area contributed by atoms with Crippen molar-refractivity contribution in [3.05, 3.63) is 76.4 Å². The lowest BCUT2D eigenvalue weighted by atomic mass is 10.1. The van der Waals surface area contributed by atoms with Crippen LogP contribution in [0.25, 0.3) is 37.4 Å². The number of carbonyl (C=O) groups is 2. The van der Waals surface area contributed by atoms with Crippen molar-refractivity contribution in [3.8, 4) is 11.9 Å². The first kappa shape index (κ1) is 34.1. The Hall–Kier alpha value is -5.76. The number of aromatic nitrogens is 4. The maximum atomic E-state index is 12.4. The second kappa shape index (κ2) is 15.6. The fourth-order valence-electron chi connectivity index (χ4n) is 4.93. The fraction of sp³-hybridized carbons (Fsp3) is 0.235. The van der Waals surface area contributed by atoms with E-state index in [1.165, 1.54) is 17.7 Å². The average Bonchev–Trinajstić information content (AvgIpc) is 3.85. The van der Waals surface area contributed by atoms with E-state index in [2.05, 4.69) is 53.7 Å². The number of nitrogens with two attached hydrogens (primary N) is 1. The number of benzene rings is 2. The van der Waals surface area contributed by atoms with Gasteiger partial charge in [-0.05, 0) is 52.2 Å². The highest BCUT2D eigenvalue weighted by molar-refractivity contribution is 7.23. The summed E-state index contributed by atoms with van der Waals surface area (Å²) < 4.78 is 18.4. The number of fused-ring (bicyclic) bond motifs is 3. The third-order valence-corrected chi connectivity index (χ3v) is 9.80. The molecule has 4 aromatic heterocycles. The van der Waals surface area contributed by atoms with Gasteiger partial charge in [0.2, 0.25) is 11.8 Å². The third kappa shape index (κ3) is 8.26. The first-order valence-corrected chi connectivity index (χ1v) is 17.1. The molecular weight excluding hydrogens is 679 g/mol. The summed E-state index contributed by atoms with van der Waals surface area (Å²) in [6, 6.07) is 17.9. The van der Waals surface area contributed by atoms with E-state index in [1.54, 1.807) is 24.5 Å². The molecule has 0 saturated carbocycles. The highest BCUT2D eigenvalue weighted by atomic mass is 32.1. The molecule has 0 spiro atoms. The van der Waals surface area contributed by atoms with Crippen LogP contribution in [0, 0.1) is 11.3 Å². The number of amides is 2. The summed E-state index contributed by atoms with van der Waals surface area (Å²) in [5, 5.41) is 18.1. The average molecular weight is 712 g/mol. The number of imidazole rings is 1. The van der Waals surface area contributed by atoms with Crippen LogP contribution < -0.4 is 26.0 Å². The number of rotatable bonds is 14. The number of carbonyl (C=O) groups excluding carboxylic acids is 2. The minimum Gasteiger partial charge on any atom is -0.471 e. The van der Waals surface area contributed by atoms with E-state index in [1.807, 2.05) is 43.4 Å². The lowest BCUT2D eigenvalue weighted by molar-refractivity contribution is -0.117. The number of hydrogen-bond acceptors (Lipinski definition) is 13. The molecule has 0 aliphatic rings. The van der Waals surface area contributed by atoms with Gasteiger partial charge in [-0.15, -0.1) is 22.7 Å². The molecule has 6 rings (SSSR count). The largest absolute Gasteiger partial charge is 0.471 e. The molecule has 0 fully saturated rings. The number of ether oxygens (including phenoxy) is 3. The van der Waals surface area contributed by atoms with Crippen LogP contribution in [0.2, 0.25) is 0 Å². The number of nitrogens with one attached hydrogen (secondary N) is 3. The molecule has 2 amide bonds. The molecule has 5 N–H and O–H groups in total. The van der Waals surface area contributed by atoms with E-state index >= 15 is 0 Å². The highest BCUT2D eigenvalue weighted by Gasteiger charge is 2.14. The number of nitriles is 1. The molecule has 0 bridgehead atoms. The molecule has 16 heteroatoms. The summed E-state index contributed by atoms with van der Waals surface area (Å²) in [7, 11) is 3.51. The van der Waals surface area contributed by atoms with Crippen LogP contribution in [-0.4, -0.2) is 72.4 Å². The zero-order valence-corrected chi connectivity index (χ0v) is 28.8. The van der Waals surface area contributed by atoms with Crippen LogP contribution in [0.5, 0.6) is 5.88 Å². The van der Waals surface area contributed by atoms with Gasteiger partial charge in [0.05, 0.1) is 24.5 Å². The van der Waals surface area contributed by atoms with Crippen LogP contribution >= 0.6 is 22.7 Å². The predicted molar refractivity (Wildman–Crippen MR) is 194 cm³/mol. The van der Waals surface area contributed by atoms with Gasteiger partial charge >= 0.3 is 6.09 Å². The first-order chi connectivity index (χ1) is 24.3. The Morgan fingerprint density at radius 3 is 2.58 bits per heavy atom. The van der Waals surface area contributed by atoms with Gasteiger partial charge in [-0.25, -0.2) is 9.78 Å². The van der Waals surface area contributed by atoms with Crippen LogP contribution in [0.4, 0.5) is 15.7 Å². The van der Waals surface area contributed by atoms with Gasteiger partial charge in [0.15, 0.2) is 5.65 Å². The monoisotopic (exact) mass is 711 g/mol. The summed E-state index contributed by atoms with van der Waals surface area (Å²) >= 11 is 3.16. The highest BCUT2D eigenvalue weighted by Crippen LogP contribution is 2.37. The second-order valence-corrected chi connectivity index (χ2v) is 13.3. The Kier molecular flexibility index (Phi) is 10.7. The number of H-pyrrole nitrogens is 1. The maximum Gasteiger partial charge on any atom is 0.407 e. The van der Waals surface area contributed by atoms with Crippen molar-refractivity contribution in [3.63, 3.8) is 0 Å². The number of alkyl carbamates (subject to hydrolysis) is 1. The zero-order valence-electron chi connectivity index (χ0n) is 27.2. The van der Waals surface area contributed by atoms with Crippen LogP contribution in [0.15, 0.2) is 60.4 Å². The lowest BCUT2D eigenvalue weighted by Crippen LogP contribution is -2.28. The number of likely N-dealkylation sites (N-methyl/N-ethyl adjacent to an activating group) is 1. The molecule has 0 saturated heterocycles. The van der Waals surface area contributed by atoms with Gasteiger partial charge in [0.1, 0.15) is 30.4 Å². The number of aromatic amines is 1. The summed E-state index contributed by atoms with van der Waals surface area (Å²) in [6.45, 7) is 2.03. The summed E-state index contributed by atoms with van der Waals surface area (Å²) in [6.07, 6.45) is 2.62. The number of nitrogen functional groups attached to an aromatic ring is 1. The molecule has 4 heterocycles.